The molecule has 0 aliphatic carbocycles. The minimum Gasteiger partial charge on any atom is -0.495 e. The van der Waals surface area contributed by atoms with Crippen LogP contribution >= 0.6 is 0 Å². The summed E-state index contributed by atoms with van der Waals surface area (Å²) in [5.41, 5.74) is 5.23. The van der Waals surface area contributed by atoms with Crippen LogP contribution in [-0.4, -0.2) is 46.7 Å². The second kappa shape index (κ2) is 11.8. The summed E-state index contributed by atoms with van der Waals surface area (Å²) in [6.07, 6.45) is 2.08. The number of nitrogens with one attached hydrogen (secondary N) is 3. The minimum absolute atomic E-state index is 0.0427. The molecule has 3 aromatic carbocycles. The van der Waals surface area contributed by atoms with Gasteiger partial charge in [-0.05, 0) is 67.4 Å². The first-order valence-corrected chi connectivity index (χ1v) is 13.0. The van der Waals surface area contributed by atoms with Crippen molar-refractivity contribution >= 4 is 27.5 Å². The highest BCUT2D eigenvalue weighted by Gasteiger charge is 2.19. The number of methoxy groups -OCH3 is 1. The first-order valence-electron chi connectivity index (χ1n) is 11.6. The quantitative estimate of drug-likeness (QED) is 0.366. The third-order valence-corrected chi connectivity index (χ3v) is 6.99. The summed E-state index contributed by atoms with van der Waals surface area (Å²) in [6, 6.07) is 18.5. The number of hydrazine groups is 1. The Kier molecular flexibility index (Phi) is 8.26. The monoisotopic (exact) mass is 525 g/mol. The largest absolute Gasteiger partial charge is 0.495 e. The molecular formula is C26H27N3O7S. The Morgan fingerprint density at radius 3 is 2.38 bits per heavy atom. The lowest BCUT2D eigenvalue weighted by Gasteiger charge is -2.13. The maximum Gasteiger partial charge on any atom is 0.269 e. The number of sulfonamides is 1. The van der Waals surface area contributed by atoms with Crippen molar-refractivity contribution in [2.24, 2.45) is 0 Å². The molecule has 0 saturated carbocycles. The SMILES string of the molecule is COc1ccccc1NS(=O)(=O)c1cccc(C(=O)NNC(=O)c2ccc(OC[C@H]3CCCO3)cc2)c1. The van der Waals surface area contributed by atoms with Crippen LogP contribution in [0, 0.1) is 0 Å². The van der Waals surface area contributed by atoms with Crippen LogP contribution in [0.3, 0.4) is 0 Å². The third kappa shape index (κ3) is 6.78. The second-order valence-electron chi connectivity index (χ2n) is 8.21. The van der Waals surface area contributed by atoms with Crippen LogP contribution in [0.2, 0.25) is 0 Å². The van der Waals surface area contributed by atoms with E-state index in [4.69, 9.17) is 14.2 Å². The summed E-state index contributed by atoms with van der Waals surface area (Å²) in [6.45, 7) is 1.20. The molecule has 2 amide bonds. The van der Waals surface area contributed by atoms with Crippen LogP contribution in [-0.2, 0) is 14.8 Å². The Morgan fingerprint density at radius 2 is 1.68 bits per heavy atom. The van der Waals surface area contributed by atoms with Crippen molar-refractivity contribution in [1.82, 2.24) is 10.9 Å². The number of para-hydroxylation sites is 2. The molecule has 1 saturated heterocycles. The molecule has 37 heavy (non-hydrogen) atoms. The summed E-state index contributed by atoms with van der Waals surface area (Å²) in [5, 5.41) is 0. The van der Waals surface area contributed by atoms with E-state index in [0.717, 1.165) is 19.4 Å². The zero-order chi connectivity index (χ0) is 26.3. The molecule has 0 spiro atoms. The Hall–Kier alpha value is -4.09. The van der Waals surface area contributed by atoms with Gasteiger partial charge >= 0.3 is 0 Å². The molecule has 10 nitrogen and oxygen atoms in total. The topological polar surface area (TPSA) is 132 Å². The van der Waals surface area contributed by atoms with Crippen molar-refractivity contribution in [2.75, 3.05) is 25.0 Å². The number of carbonyl (C=O) groups excluding carboxylic acids is 2. The van der Waals surface area contributed by atoms with Crippen LogP contribution in [0.25, 0.3) is 0 Å². The number of hydrogen-bond acceptors (Lipinski definition) is 7. The third-order valence-electron chi connectivity index (χ3n) is 5.62. The average molecular weight is 526 g/mol. The lowest BCUT2D eigenvalue weighted by molar-refractivity contribution is 0.0679. The Bertz CT molecular complexity index is 1350. The van der Waals surface area contributed by atoms with Gasteiger partial charge in [0, 0.05) is 17.7 Å². The fourth-order valence-electron chi connectivity index (χ4n) is 3.66. The number of amides is 2. The number of benzene rings is 3. The van der Waals surface area contributed by atoms with Crippen molar-refractivity contribution < 1.29 is 32.2 Å². The van der Waals surface area contributed by atoms with Gasteiger partial charge in [-0.2, -0.15) is 0 Å². The van der Waals surface area contributed by atoms with Gasteiger partial charge in [-0.3, -0.25) is 25.2 Å². The highest BCUT2D eigenvalue weighted by molar-refractivity contribution is 7.92. The molecule has 1 fully saturated rings. The molecule has 1 heterocycles. The summed E-state index contributed by atoms with van der Waals surface area (Å²) in [5.74, 6) is -0.263. The molecule has 3 aromatic rings. The van der Waals surface area contributed by atoms with Gasteiger partial charge in [0.1, 0.15) is 18.1 Å². The second-order valence-corrected chi connectivity index (χ2v) is 9.89. The van der Waals surface area contributed by atoms with Gasteiger partial charge in [-0.15, -0.1) is 0 Å². The summed E-state index contributed by atoms with van der Waals surface area (Å²) in [4.78, 5) is 24.9. The highest BCUT2D eigenvalue weighted by atomic mass is 32.2. The number of rotatable bonds is 9. The van der Waals surface area contributed by atoms with E-state index in [1.807, 2.05) is 0 Å². The molecule has 1 aliphatic rings. The smallest absolute Gasteiger partial charge is 0.269 e. The van der Waals surface area contributed by atoms with Crippen molar-refractivity contribution in [2.45, 2.75) is 23.8 Å². The predicted molar refractivity (Wildman–Crippen MR) is 136 cm³/mol. The first kappa shape index (κ1) is 26.0. The van der Waals surface area contributed by atoms with Crippen LogP contribution < -0.4 is 25.0 Å². The van der Waals surface area contributed by atoms with E-state index in [1.54, 1.807) is 48.5 Å². The molecule has 0 bridgehead atoms. The van der Waals surface area contributed by atoms with Crippen LogP contribution in [0.15, 0.2) is 77.7 Å². The molecule has 3 N–H and O–H groups in total. The molecule has 0 aromatic heterocycles. The highest BCUT2D eigenvalue weighted by Crippen LogP contribution is 2.26. The number of ether oxygens (including phenoxy) is 3. The standard InChI is InChI=1S/C26H27N3O7S/c1-34-24-10-3-2-9-23(24)29-37(32,33)22-8-4-6-19(16-22)26(31)28-27-25(30)18-11-13-20(14-12-18)36-17-21-7-5-15-35-21/h2-4,6,8-14,16,21,29H,5,7,15,17H2,1H3,(H,27,30)(H,28,31)/t21-/m1/s1. The molecule has 194 valence electrons. The van der Waals surface area contributed by atoms with Gasteiger partial charge < -0.3 is 14.2 Å². The normalized spacial score (nSPS) is 15.0. The molecule has 1 atom stereocenters. The Balaban J connectivity index is 1.34. The van der Waals surface area contributed by atoms with E-state index in [0.29, 0.717) is 23.7 Å². The van der Waals surface area contributed by atoms with Crippen molar-refractivity contribution in [3.05, 3.63) is 83.9 Å². The molecule has 4 rings (SSSR count). The van der Waals surface area contributed by atoms with Gasteiger partial charge in [0.25, 0.3) is 21.8 Å². The van der Waals surface area contributed by atoms with Crippen LogP contribution in [0.5, 0.6) is 11.5 Å². The van der Waals surface area contributed by atoms with Gasteiger partial charge in [-0.1, -0.05) is 18.2 Å². The predicted octanol–water partition coefficient (Wildman–Crippen LogP) is 3.13. The van der Waals surface area contributed by atoms with Gasteiger partial charge in [0.15, 0.2) is 0 Å². The number of carbonyl (C=O) groups is 2. The van der Waals surface area contributed by atoms with Crippen LogP contribution in [0.1, 0.15) is 33.6 Å². The summed E-state index contributed by atoms with van der Waals surface area (Å²) >= 11 is 0. The lowest BCUT2D eigenvalue weighted by atomic mass is 10.2. The summed E-state index contributed by atoms with van der Waals surface area (Å²) in [7, 11) is -2.58. The maximum atomic E-state index is 12.9. The van der Waals surface area contributed by atoms with Crippen molar-refractivity contribution in [3.8, 4) is 11.5 Å². The number of anilines is 1. The zero-order valence-corrected chi connectivity index (χ0v) is 20.9. The lowest BCUT2D eigenvalue weighted by Crippen LogP contribution is -2.41. The van der Waals surface area contributed by atoms with E-state index in [9.17, 15) is 18.0 Å². The Labute approximate surface area is 215 Å². The zero-order valence-electron chi connectivity index (χ0n) is 20.1. The van der Waals surface area contributed by atoms with E-state index in [1.165, 1.54) is 31.4 Å². The van der Waals surface area contributed by atoms with E-state index in [2.05, 4.69) is 15.6 Å². The van der Waals surface area contributed by atoms with Crippen molar-refractivity contribution in [3.63, 3.8) is 0 Å². The van der Waals surface area contributed by atoms with Gasteiger partial charge in [-0.25, -0.2) is 8.42 Å². The fraction of sp³-hybridized carbons (Fsp3) is 0.231. The average Bonchev–Trinajstić information content (AvgIpc) is 3.45. The molecule has 0 unspecified atom stereocenters. The first-order chi connectivity index (χ1) is 17.9. The molecule has 0 radical (unpaired) electrons. The number of hydrogen-bond donors (Lipinski definition) is 3. The Morgan fingerprint density at radius 1 is 0.946 bits per heavy atom. The molecule has 11 heteroatoms. The van der Waals surface area contributed by atoms with E-state index >= 15 is 0 Å². The van der Waals surface area contributed by atoms with E-state index < -0.39 is 21.8 Å². The molecular weight excluding hydrogens is 498 g/mol. The van der Waals surface area contributed by atoms with Crippen LogP contribution in [0.4, 0.5) is 5.69 Å². The van der Waals surface area contributed by atoms with Gasteiger partial charge in [0.2, 0.25) is 0 Å². The van der Waals surface area contributed by atoms with Gasteiger partial charge in [0.05, 0.1) is 23.8 Å². The minimum atomic E-state index is -4.01. The maximum absolute atomic E-state index is 12.9. The van der Waals surface area contributed by atoms with E-state index in [-0.39, 0.29) is 22.3 Å². The fourth-order valence-corrected chi connectivity index (χ4v) is 4.78. The summed E-state index contributed by atoms with van der Waals surface area (Å²) < 4.78 is 44.5. The van der Waals surface area contributed by atoms with Crippen molar-refractivity contribution in [1.29, 1.82) is 0 Å². The molecule has 1 aliphatic heterocycles.